The molecule has 2 aromatic rings. The second-order valence-corrected chi connectivity index (χ2v) is 13.9. The Morgan fingerprint density at radius 1 is 0.949 bits per heavy atom. The first-order valence-electron chi connectivity index (χ1n) is 12.4. The number of hydrogen-bond acceptors (Lipinski definition) is 6. The Morgan fingerprint density at radius 3 is 2.15 bits per heavy atom. The number of benzene rings is 2. The number of nitrogens with one attached hydrogen (secondary N) is 1. The van der Waals surface area contributed by atoms with E-state index in [1.54, 1.807) is 0 Å². The normalized spacial score (nSPS) is 23.6. The number of nitrogens with zero attached hydrogens (tertiary/aromatic N) is 1. The molecule has 0 bridgehead atoms. The summed E-state index contributed by atoms with van der Waals surface area (Å²) in [5.74, 6) is -2.02. The van der Waals surface area contributed by atoms with Gasteiger partial charge in [-0.3, -0.25) is 4.90 Å². The highest BCUT2D eigenvalue weighted by atomic mass is 32.2. The van der Waals surface area contributed by atoms with Gasteiger partial charge in [0.1, 0.15) is 16.4 Å². The van der Waals surface area contributed by atoms with Crippen molar-refractivity contribution in [1.82, 2.24) is 9.62 Å². The van der Waals surface area contributed by atoms with Crippen molar-refractivity contribution in [2.75, 3.05) is 38.6 Å². The first-order valence-corrected chi connectivity index (χ1v) is 15.5. The lowest BCUT2D eigenvalue weighted by molar-refractivity contribution is -0.137. The lowest BCUT2D eigenvalue weighted by Crippen LogP contribution is -2.47. The van der Waals surface area contributed by atoms with Crippen molar-refractivity contribution in [2.45, 2.75) is 47.5 Å². The average Bonchev–Trinajstić information content (AvgIpc) is 2.89. The molecule has 14 heteroatoms. The minimum atomic E-state index is -4.69. The van der Waals surface area contributed by atoms with Crippen LogP contribution in [0, 0.1) is 11.6 Å². The summed E-state index contributed by atoms with van der Waals surface area (Å²) in [6, 6.07) is 4.62. The van der Waals surface area contributed by atoms with Gasteiger partial charge in [0, 0.05) is 31.2 Å². The maximum Gasteiger partial charge on any atom is 0.416 e. The van der Waals surface area contributed by atoms with Gasteiger partial charge in [0.2, 0.25) is 10.0 Å². The van der Waals surface area contributed by atoms with Crippen LogP contribution in [0.5, 0.6) is 0 Å². The Morgan fingerprint density at radius 2 is 1.56 bits per heavy atom. The molecule has 0 amide bonds. The summed E-state index contributed by atoms with van der Waals surface area (Å²) in [7, 11) is -8.27. The maximum absolute atomic E-state index is 15.0. The van der Waals surface area contributed by atoms with E-state index >= 15 is 4.39 Å². The number of morpholine rings is 1. The van der Waals surface area contributed by atoms with Crippen molar-refractivity contribution in [3.8, 4) is 0 Å². The van der Waals surface area contributed by atoms with Gasteiger partial charge in [-0.05, 0) is 68.1 Å². The molecule has 1 saturated heterocycles. The summed E-state index contributed by atoms with van der Waals surface area (Å²) in [5, 5.41) is 0. The predicted octanol–water partition coefficient (Wildman–Crippen LogP) is 3.85. The molecule has 1 saturated carbocycles. The molecule has 0 atom stereocenters. The van der Waals surface area contributed by atoms with E-state index in [-0.39, 0.29) is 31.4 Å². The fourth-order valence-corrected chi connectivity index (χ4v) is 8.69. The molecule has 0 spiro atoms. The topological polar surface area (TPSA) is 92.8 Å². The number of rotatable bonds is 8. The molecule has 4 rings (SSSR count). The van der Waals surface area contributed by atoms with E-state index in [4.69, 9.17) is 4.74 Å². The molecule has 2 aliphatic rings. The van der Waals surface area contributed by atoms with E-state index in [0.29, 0.717) is 45.0 Å². The zero-order chi connectivity index (χ0) is 28.5. The highest BCUT2D eigenvalue weighted by molar-refractivity contribution is 7.92. The van der Waals surface area contributed by atoms with E-state index < -0.39 is 64.5 Å². The number of sulfone groups is 1. The van der Waals surface area contributed by atoms with Crippen molar-refractivity contribution in [1.29, 1.82) is 0 Å². The monoisotopic (exact) mass is 596 g/mol. The standard InChI is InChI=1S/C25H29F5N2O5S2/c26-19-3-6-23(27)22(17-19)24(39(35,36)21-4-1-18(2-5-21)25(28,29)30)9-7-20(8-10-24)31-38(33,34)16-13-32-11-14-37-15-12-32/h1-6,17,20,31H,7-16H2. The van der Waals surface area contributed by atoms with Crippen LogP contribution in [0.25, 0.3) is 0 Å². The minimum absolute atomic E-state index is 0.00734. The van der Waals surface area contributed by atoms with Gasteiger partial charge in [0.25, 0.3) is 0 Å². The first-order chi connectivity index (χ1) is 18.2. The summed E-state index contributed by atoms with van der Waals surface area (Å²) in [6.45, 7) is 2.56. The Bertz CT molecular complexity index is 1370. The summed E-state index contributed by atoms with van der Waals surface area (Å²) in [5.41, 5.74) is -1.49. The first kappa shape index (κ1) is 29.8. The van der Waals surface area contributed by atoms with Crippen LogP contribution in [0.3, 0.4) is 0 Å². The third kappa shape index (κ3) is 6.62. The lowest BCUT2D eigenvalue weighted by atomic mass is 9.80. The second kappa shape index (κ2) is 11.4. The van der Waals surface area contributed by atoms with E-state index in [0.717, 1.165) is 30.3 Å². The third-order valence-corrected chi connectivity index (χ3v) is 11.3. The van der Waals surface area contributed by atoms with Gasteiger partial charge in [-0.2, -0.15) is 13.2 Å². The lowest BCUT2D eigenvalue weighted by Gasteiger charge is -2.40. The molecule has 7 nitrogen and oxygen atoms in total. The number of ether oxygens (including phenoxy) is 1. The number of halogens is 5. The molecule has 1 aliphatic heterocycles. The molecule has 2 aromatic carbocycles. The van der Waals surface area contributed by atoms with Crippen LogP contribution in [0.15, 0.2) is 47.4 Å². The molecular weight excluding hydrogens is 567 g/mol. The molecule has 1 N–H and O–H groups in total. The summed E-state index contributed by atoms with van der Waals surface area (Å²) in [6.07, 6.45) is -5.24. The Labute approximate surface area is 224 Å². The van der Waals surface area contributed by atoms with Crippen molar-refractivity contribution in [2.24, 2.45) is 0 Å². The Kier molecular flexibility index (Phi) is 8.72. The predicted molar refractivity (Wildman–Crippen MR) is 133 cm³/mol. The van der Waals surface area contributed by atoms with E-state index in [2.05, 4.69) is 4.72 Å². The molecule has 0 radical (unpaired) electrons. The zero-order valence-electron chi connectivity index (χ0n) is 20.9. The third-order valence-electron chi connectivity index (χ3n) is 7.35. The van der Waals surface area contributed by atoms with E-state index in [1.807, 2.05) is 4.90 Å². The SMILES string of the molecule is O=S(=O)(CCN1CCOCC1)NC1CCC(c2cc(F)ccc2F)(S(=O)(=O)c2ccc(C(F)(F)F)cc2)CC1. The van der Waals surface area contributed by atoms with Crippen LogP contribution in [-0.2, 0) is 35.5 Å². The highest BCUT2D eigenvalue weighted by Crippen LogP contribution is 2.48. The van der Waals surface area contributed by atoms with E-state index in [9.17, 15) is 34.4 Å². The smallest absolute Gasteiger partial charge is 0.379 e. The van der Waals surface area contributed by atoms with Gasteiger partial charge in [0.05, 0.1) is 29.4 Å². The van der Waals surface area contributed by atoms with Crippen LogP contribution in [0.2, 0.25) is 0 Å². The minimum Gasteiger partial charge on any atom is -0.379 e. The molecule has 0 aromatic heterocycles. The molecular formula is C25H29F5N2O5S2. The van der Waals surface area contributed by atoms with Gasteiger partial charge in [-0.25, -0.2) is 30.3 Å². The van der Waals surface area contributed by atoms with Crippen LogP contribution >= 0.6 is 0 Å². The van der Waals surface area contributed by atoms with Crippen molar-refractivity contribution in [3.63, 3.8) is 0 Å². The number of alkyl halides is 3. The van der Waals surface area contributed by atoms with Crippen LogP contribution in [-0.4, -0.2) is 66.4 Å². The van der Waals surface area contributed by atoms with Crippen molar-refractivity contribution < 1.29 is 43.5 Å². The second-order valence-electron chi connectivity index (χ2n) is 9.81. The fraction of sp³-hybridized carbons (Fsp3) is 0.520. The molecule has 1 aliphatic carbocycles. The zero-order valence-corrected chi connectivity index (χ0v) is 22.5. The Balaban J connectivity index is 1.58. The number of hydrogen-bond donors (Lipinski definition) is 1. The quantitative estimate of drug-likeness (QED) is 0.466. The van der Waals surface area contributed by atoms with Gasteiger partial charge >= 0.3 is 6.18 Å². The largest absolute Gasteiger partial charge is 0.416 e. The van der Waals surface area contributed by atoms with Gasteiger partial charge in [-0.1, -0.05) is 0 Å². The van der Waals surface area contributed by atoms with Crippen LogP contribution < -0.4 is 4.72 Å². The molecule has 1 heterocycles. The summed E-state index contributed by atoms with van der Waals surface area (Å²) < 4.78 is 127. The fourth-order valence-electron chi connectivity index (χ4n) is 5.17. The summed E-state index contributed by atoms with van der Waals surface area (Å²) in [4.78, 5) is 1.49. The van der Waals surface area contributed by atoms with Gasteiger partial charge < -0.3 is 4.74 Å². The molecule has 0 unspecified atom stereocenters. The van der Waals surface area contributed by atoms with Crippen molar-refractivity contribution >= 4 is 19.9 Å². The van der Waals surface area contributed by atoms with E-state index in [1.165, 1.54) is 0 Å². The molecule has 2 fully saturated rings. The summed E-state index contributed by atoms with van der Waals surface area (Å²) >= 11 is 0. The molecule has 216 valence electrons. The van der Waals surface area contributed by atoms with Crippen LogP contribution in [0.4, 0.5) is 22.0 Å². The maximum atomic E-state index is 15.0. The van der Waals surface area contributed by atoms with Gasteiger partial charge in [-0.15, -0.1) is 0 Å². The number of sulfonamides is 1. The average molecular weight is 597 g/mol. The van der Waals surface area contributed by atoms with Crippen LogP contribution in [0.1, 0.15) is 36.8 Å². The van der Waals surface area contributed by atoms with Crippen molar-refractivity contribution in [3.05, 3.63) is 65.2 Å². The van der Waals surface area contributed by atoms with Gasteiger partial charge in [0.15, 0.2) is 9.84 Å². The highest BCUT2D eigenvalue weighted by Gasteiger charge is 2.50. The molecule has 39 heavy (non-hydrogen) atoms. The Hall–Kier alpha value is -2.13.